The molecule has 1 aromatic heterocycles. The summed E-state index contributed by atoms with van der Waals surface area (Å²) >= 11 is 13.8. The minimum atomic E-state index is 0.407. The highest BCUT2D eigenvalue weighted by Gasteiger charge is 2.07. The molecule has 0 radical (unpaired) electrons. The predicted molar refractivity (Wildman–Crippen MR) is 75.1 cm³/mol. The lowest BCUT2D eigenvalue weighted by atomic mass is 10.2. The molecule has 17 heavy (non-hydrogen) atoms. The molecule has 4 nitrogen and oxygen atoms in total. The largest absolute Gasteiger partial charge is 0.205 e. The first kappa shape index (κ1) is 12.6. The van der Waals surface area contributed by atoms with E-state index in [9.17, 15) is 0 Å². The van der Waals surface area contributed by atoms with Crippen LogP contribution in [-0.4, -0.2) is 20.2 Å². The number of halogens is 3. The normalized spacial score (nSPS) is 9.82. The van der Waals surface area contributed by atoms with Gasteiger partial charge in [0.1, 0.15) is 6.54 Å². The first-order valence-electron chi connectivity index (χ1n) is 4.52. The molecular formula is C10H5Cl2IN4. The number of hydrogen-bond acceptors (Lipinski definition) is 3. The number of aromatic nitrogens is 4. The molecule has 2 rings (SSSR count). The van der Waals surface area contributed by atoms with Gasteiger partial charge in [-0.2, -0.15) is 4.80 Å². The van der Waals surface area contributed by atoms with E-state index in [2.05, 4.69) is 25.3 Å². The third-order valence-corrected chi connectivity index (χ3v) is 2.68. The lowest BCUT2D eigenvalue weighted by Gasteiger charge is -1.97. The van der Waals surface area contributed by atoms with E-state index in [0.717, 1.165) is 5.56 Å². The van der Waals surface area contributed by atoms with E-state index in [0.29, 0.717) is 22.4 Å². The topological polar surface area (TPSA) is 43.6 Å². The summed E-state index contributed by atoms with van der Waals surface area (Å²) in [7, 11) is 0. The molecule has 7 heteroatoms. The summed E-state index contributed by atoms with van der Waals surface area (Å²) in [6, 6.07) is 5.12. The van der Waals surface area contributed by atoms with Crippen molar-refractivity contribution in [3.05, 3.63) is 28.2 Å². The van der Waals surface area contributed by atoms with E-state index < -0.39 is 0 Å². The minimum Gasteiger partial charge on any atom is -0.152 e. The molecule has 0 saturated heterocycles. The van der Waals surface area contributed by atoms with Gasteiger partial charge in [-0.25, -0.2) is 0 Å². The van der Waals surface area contributed by atoms with Crippen LogP contribution < -0.4 is 0 Å². The van der Waals surface area contributed by atoms with E-state index in [1.807, 2.05) is 22.6 Å². The Bertz CT molecular complexity index is 580. The summed E-state index contributed by atoms with van der Waals surface area (Å²) in [5.74, 6) is 3.31. The van der Waals surface area contributed by atoms with Crippen LogP contribution in [0.1, 0.15) is 0 Å². The van der Waals surface area contributed by atoms with Gasteiger partial charge in [-0.1, -0.05) is 29.1 Å². The number of nitrogens with zero attached hydrogens (tertiary/aromatic N) is 4. The van der Waals surface area contributed by atoms with E-state index in [1.54, 1.807) is 18.2 Å². The molecule has 0 amide bonds. The van der Waals surface area contributed by atoms with Crippen LogP contribution in [0, 0.1) is 9.85 Å². The van der Waals surface area contributed by atoms with Crippen molar-refractivity contribution >= 4 is 45.8 Å². The van der Waals surface area contributed by atoms with E-state index >= 15 is 0 Å². The third kappa shape index (κ3) is 3.31. The fourth-order valence-electron chi connectivity index (χ4n) is 1.21. The second kappa shape index (κ2) is 5.67. The van der Waals surface area contributed by atoms with Gasteiger partial charge in [0.25, 0.3) is 0 Å². The molecule has 0 spiro atoms. The van der Waals surface area contributed by atoms with Crippen molar-refractivity contribution in [2.75, 3.05) is 0 Å². The molecule has 0 aliphatic heterocycles. The Morgan fingerprint density at radius 2 is 1.94 bits per heavy atom. The van der Waals surface area contributed by atoms with Gasteiger partial charge in [-0.15, -0.1) is 10.2 Å². The smallest absolute Gasteiger partial charge is 0.152 e. The van der Waals surface area contributed by atoms with Crippen LogP contribution >= 0.6 is 45.8 Å². The number of hydrogen-bond donors (Lipinski definition) is 0. The van der Waals surface area contributed by atoms with Crippen LogP contribution in [0.2, 0.25) is 10.0 Å². The molecule has 0 bridgehead atoms. The van der Waals surface area contributed by atoms with E-state index in [4.69, 9.17) is 23.2 Å². The maximum Gasteiger partial charge on any atom is 0.205 e. The molecule has 86 valence electrons. The van der Waals surface area contributed by atoms with Crippen LogP contribution in [0.4, 0.5) is 0 Å². The maximum absolute atomic E-state index is 5.90. The van der Waals surface area contributed by atoms with Gasteiger partial charge in [0, 0.05) is 38.2 Å². The lowest BCUT2D eigenvalue weighted by Crippen LogP contribution is -2.00. The first-order valence-corrected chi connectivity index (χ1v) is 6.35. The van der Waals surface area contributed by atoms with Crippen molar-refractivity contribution in [2.24, 2.45) is 0 Å². The van der Waals surface area contributed by atoms with Gasteiger partial charge in [0.05, 0.1) is 0 Å². The Labute approximate surface area is 121 Å². The highest BCUT2D eigenvalue weighted by molar-refractivity contribution is 14.1. The fraction of sp³-hybridized carbons (Fsp3) is 0.100. The van der Waals surface area contributed by atoms with E-state index in [-0.39, 0.29) is 0 Å². The van der Waals surface area contributed by atoms with Crippen LogP contribution in [0.15, 0.2) is 18.2 Å². The monoisotopic (exact) mass is 378 g/mol. The maximum atomic E-state index is 5.90. The zero-order chi connectivity index (χ0) is 12.3. The quantitative estimate of drug-likeness (QED) is 0.596. The van der Waals surface area contributed by atoms with Crippen molar-refractivity contribution < 1.29 is 0 Å². The molecule has 0 N–H and O–H groups in total. The molecule has 0 unspecified atom stereocenters. The molecule has 0 aliphatic carbocycles. The fourth-order valence-corrected chi connectivity index (χ4v) is 1.91. The Hall–Kier alpha value is -0.840. The molecule has 1 aromatic carbocycles. The van der Waals surface area contributed by atoms with Gasteiger partial charge in [0.2, 0.25) is 5.82 Å². The van der Waals surface area contributed by atoms with Crippen LogP contribution in [0.5, 0.6) is 0 Å². The highest BCUT2D eigenvalue weighted by Crippen LogP contribution is 2.24. The molecule has 0 aliphatic rings. The third-order valence-electron chi connectivity index (χ3n) is 1.86. The summed E-state index contributed by atoms with van der Waals surface area (Å²) in [5, 5.41) is 13.0. The Morgan fingerprint density at radius 1 is 1.24 bits per heavy atom. The Morgan fingerprint density at radius 3 is 2.59 bits per heavy atom. The molecule has 1 heterocycles. The number of rotatable bonds is 2. The standard InChI is InChI=1S/C10H5Cl2IN4/c11-8-4-7(5-9(12)6-8)10-14-16-17(15-10)3-1-2-13/h4-6H,3H2. The molecule has 0 fully saturated rings. The zero-order valence-corrected chi connectivity index (χ0v) is 12.0. The summed E-state index contributed by atoms with van der Waals surface area (Å²) in [4.78, 5) is 1.41. The van der Waals surface area contributed by atoms with Gasteiger partial charge in [-0.3, -0.25) is 0 Å². The average Bonchev–Trinajstić information content (AvgIpc) is 2.73. The van der Waals surface area contributed by atoms with Crippen molar-refractivity contribution in [3.63, 3.8) is 0 Å². The molecule has 2 aromatic rings. The van der Waals surface area contributed by atoms with Gasteiger partial charge < -0.3 is 0 Å². The summed E-state index contributed by atoms with van der Waals surface area (Å²) in [6.45, 7) is 0.407. The molecule has 0 atom stereocenters. The second-order valence-electron chi connectivity index (χ2n) is 3.07. The summed E-state index contributed by atoms with van der Waals surface area (Å²) in [6.07, 6.45) is 0. The van der Waals surface area contributed by atoms with Gasteiger partial charge >= 0.3 is 0 Å². The lowest BCUT2D eigenvalue weighted by molar-refractivity contribution is 0.592. The van der Waals surface area contributed by atoms with Crippen LogP contribution in [0.3, 0.4) is 0 Å². The number of benzene rings is 1. The summed E-state index contributed by atoms with van der Waals surface area (Å²) < 4.78 is 2.73. The van der Waals surface area contributed by atoms with Crippen LogP contribution in [-0.2, 0) is 6.54 Å². The van der Waals surface area contributed by atoms with E-state index in [1.165, 1.54) is 4.80 Å². The van der Waals surface area contributed by atoms with Crippen molar-refractivity contribution in [1.82, 2.24) is 20.2 Å². The minimum absolute atomic E-state index is 0.407. The van der Waals surface area contributed by atoms with Crippen molar-refractivity contribution in [2.45, 2.75) is 6.54 Å². The van der Waals surface area contributed by atoms with Crippen molar-refractivity contribution in [1.29, 1.82) is 0 Å². The Kier molecular flexibility index (Phi) is 4.20. The second-order valence-corrected chi connectivity index (χ2v) is 4.49. The zero-order valence-electron chi connectivity index (χ0n) is 8.36. The first-order chi connectivity index (χ1) is 8.19. The average molecular weight is 379 g/mol. The van der Waals surface area contributed by atoms with Gasteiger partial charge in [0.15, 0.2) is 0 Å². The van der Waals surface area contributed by atoms with Gasteiger partial charge in [-0.05, 0) is 27.3 Å². The van der Waals surface area contributed by atoms with Crippen LogP contribution in [0.25, 0.3) is 11.4 Å². The highest BCUT2D eigenvalue weighted by atomic mass is 127. The molecule has 0 saturated carbocycles. The summed E-state index contributed by atoms with van der Waals surface area (Å²) in [5.41, 5.74) is 0.733. The Balaban J connectivity index is 2.32. The predicted octanol–water partition coefficient (Wildman–Crippen LogP) is 3.04. The SMILES string of the molecule is Clc1cc(Cl)cc(-c2nnn(CC#CI)n2)c1. The van der Waals surface area contributed by atoms with Crippen molar-refractivity contribution in [3.8, 4) is 21.2 Å². The number of tetrazole rings is 1. The molecular weight excluding hydrogens is 374 g/mol.